The van der Waals surface area contributed by atoms with Gasteiger partial charge in [-0.2, -0.15) is 5.10 Å². The molecule has 4 heterocycles. The summed E-state index contributed by atoms with van der Waals surface area (Å²) in [6, 6.07) is 7.62. The van der Waals surface area contributed by atoms with Gasteiger partial charge in [0.25, 0.3) is 5.91 Å². The van der Waals surface area contributed by atoms with Crippen LogP contribution in [-0.2, 0) is 14.6 Å². The van der Waals surface area contributed by atoms with Crippen LogP contribution in [0.3, 0.4) is 0 Å². The minimum Gasteiger partial charge on any atom is -0.279 e. The van der Waals surface area contributed by atoms with E-state index in [-0.39, 0.29) is 42.6 Å². The van der Waals surface area contributed by atoms with E-state index in [1.165, 1.54) is 0 Å². The van der Waals surface area contributed by atoms with Gasteiger partial charge in [-0.05, 0) is 29.3 Å². The van der Waals surface area contributed by atoms with E-state index >= 15 is 0 Å². The summed E-state index contributed by atoms with van der Waals surface area (Å²) in [7, 11) is -3.06. The van der Waals surface area contributed by atoms with E-state index in [2.05, 4.69) is 11.0 Å². The normalized spacial score (nSPS) is 23.3. The van der Waals surface area contributed by atoms with Gasteiger partial charge in [0.2, 0.25) is 0 Å². The van der Waals surface area contributed by atoms with E-state index in [0.29, 0.717) is 12.8 Å². The summed E-state index contributed by atoms with van der Waals surface area (Å²) in [5.74, 6) is 2.61. The van der Waals surface area contributed by atoms with Gasteiger partial charge in [-0.3, -0.25) is 9.69 Å². The van der Waals surface area contributed by atoms with Crippen molar-refractivity contribution in [3.8, 4) is 12.3 Å². The molecule has 4 rings (SSSR count). The summed E-state index contributed by atoms with van der Waals surface area (Å²) in [5, 5.41) is 10.2. The zero-order valence-electron chi connectivity index (χ0n) is 15.7. The molecule has 0 aliphatic carbocycles. The Hall–Kier alpha value is -1.99. The third-order valence-corrected chi connectivity index (χ3v) is 8.84. The van der Waals surface area contributed by atoms with Crippen LogP contribution in [0.4, 0.5) is 0 Å². The number of carbonyl (C=O) groups is 1. The largest absolute Gasteiger partial charge is 0.279 e. The number of thiophene rings is 2. The molecule has 2 aliphatic heterocycles. The first-order chi connectivity index (χ1) is 14.0. The van der Waals surface area contributed by atoms with Gasteiger partial charge in [-0.1, -0.05) is 18.1 Å². The lowest BCUT2D eigenvalue weighted by atomic mass is 10.1. The highest BCUT2D eigenvalue weighted by molar-refractivity contribution is 7.91. The van der Waals surface area contributed by atoms with Crippen LogP contribution in [0, 0.1) is 12.3 Å². The number of hydrazone groups is 1. The Labute approximate surface area is 178 Å². The third kappa shape index (κ3) is 4.46. The maximum absolute atomic E-state index is 13.2. The highest BCUT2D eigenvalue weighted by Gasteiger charge is 2.37. The van der Waals surface area contributed by atoms with Crippen molar-refractivity contribution < 1.29 is 13.2 Å². The lowest BCUT2D eigenvalue weighted by Gasteiger charge is -2.28. The predicted molar refractivity (Wildman–Crippen MR) is 117 cm³/mol. The van der Waals surface area contributed by atoms with Crippen molar-refractivity contribution >= 4 is 44.1 Å². The van der Waals surface area contributed by atoms with Crippen molar-refractivity contribution in [1.29, 1.82) is 0 Å². The fraction of sp³-hybridized carbons (Fsp3) is 0.400. The highest BCUT2D eigenvalue weighted by Crippen LogP contribution is 2.36. The molecule has 1 saturated heterocycles. The molecule has 152 valence electrons. The van der Waals surface area contributed by atoms with Gasteiger partial charge in [-0.15, -0.1) is 29.1 Å². The second-order valence-corrected chi connectivity index (χ2v) is 11.3. The molecule has 0 N–H and O–H groups in total. The van der Waals surface area contributed by atoms with Gasteiger partial charge < -0.3 is 0 Å². The highest BCUT2D eigenvalue weighted by atomic mass is 32.2. The van der Waals surface area contributed by atoms with Gasteiger partial charge in [-0.25, -0.2) is 13.4 Å². The average Bonchev–Trinajstić information content (AvgIpc) is 3.45. The molecule has 0 aromatic carbocycles. The summed E-state index contributed by atoms with van der Waals surface area (Å²) >= 11 is 3.21. The molecule has 0 spiro atoms. The van der Waals surface area contributed by atoms with E-state index in [4.69, 9.17) is 6.42 Å². The Bertz CT molecular complexity index is 1040. The van der Waals surface area contributed by atoms with E-state index in [1.54, 1.807) is 32.6 Å². The van der Waals surface area contributed by atoms with Crippen molar-refractivity contribution in [2.45, 2.75) is 24.9 Å². The van der Waals surface area contributed by atoms with Crippen molar-refractivity contribution in [1.82, 2.24) is 9.91 Å². The zero-order chi connectivity index (χ0) is 20.4. The maximum atomic E-state index is 13.2. The third-order valence-electron chi connectivity index (χ3n) is 5.20. The van der Waals surface area contributed by atoms with Crippen LogP contribution >= 0.6 is 22.7 Å². The summed E-state index contributed by atoms with van der Waals surface area (Å²) < 4.78 is 23.8. The molecule has 1 amide bonds. The van der Waals surface area contributed by atoms with Crippen LogP contribution in [-0.4, -0.2) is 60.6 Å². The second kappa shape index (κ2) is 8.40. The molecule has 1 fully saturated rings. The number of hydrogen-bond acceptors (Lipinski definition) is 7. The molecule has 0 bridgehead atoms. The molecule has 2 unspecified atom stereocenters. The Morgan fingerprint density at radius 3 is 2.72 bits per heavy atom. The molecule has 2 aliphatic rings. The smallest absolute Gasteiger partial charge is 0.257 e. The van der Waals surface area contributed by atoms with E-state index in [9.17, 15) is 13.2 Å². The molecule has 0 radical (unpaired) electrons. The van der Waals surface area contributed by atoms with Crippen molar-refractivity contribution in [3.63, 3.8) is 0 Å². The number of amides is 1. The number of rotatable bonds is 6. The molecule has 2 aromatic heterocycles. The van der Waals surface area contributed by atoms with Crippen LogP contribution in [0.5, 0.6) is 0 Å². The number of nitrogens with zero attached hydrogens (tertiary/aromatic N) is 3. The van der Waals surface area contributed by atoms with Crippen LogP contribution in [0.15, 0.2) is 40.1 Å². The van der Waals surface area contributed by atoms with E-state index < -0.39 is 9.84 Å². The Balaban J connectivity index is 1.56. The van der Waals surface area contributed by atoms with Gasteiger partial charge >= 0.3 is 0 Å². The number of sulfone groups is 1. The van der Waals surface area contributed by atoms with Gasteiger partial charge in [0.05, 0.1) is 41.2 Å². The Morgan fingerprint density at radius 2 is 2.10 bits per heavy atom. The SMILES string of the molecule is C#CCN(CC(=O)N1N=C(c2cccs2)CC1c1cccs1)C1CCS(=O)(=O)C1. The lowest BCUT2D eigenvalue weighted by Crippen LogP contribution is -2.44. The second-order valence-electron chi connectivity index (χ2n) is 7.16. The zero-order valence-corrected chi connectivity index (χ0v) is 18.2. The number of terminal acetylenes is 1. The number of carbonyl (C=O) groups excluding carboxylic acids is 1. The Morgan fingerprint density at radius 1 is 1.31 bits per heavy atom. The first kappa shape index (κ1) is 20.3. The molecular formula is C20H21N3O3S3. The maximum Gasteiger partial charge on any atom is 0.257 e. The fourth-order valence-corrected chi connectivity index (χ4v) is 7.07. The minimum absolute atomic E-state index is 0.0556. The quantitative estimate of drug-likeness (QED) is 0.639. The topological polar surface area (TPSA) is 70.1 Å². The van der Waals surface area contributed by atoms with Gasteiger partial charge in [0, 0.05) is 17.3 Å². The average molecular weight is 448 g/mol. The van der Waals surface area contributed by atoms with Crippen molar-refractivity contribution in [2.75, 3.05) is 24.6 Å². The van der Waals surface area contributed by atoms with E-state index in [1.807, 2.05) is 35.0 Å². The molecule has 9 heteroatoms. The lowest BCUT2D eigenvalue weighted by molar-refractivity contribution is -0.134. The van der Waals surface area contributed by atoms with Crippen LogP contribution in [0.25, 0.3) is 0 Å². The standard InChI is InChI=1S/C20H21N3O3S3/c1-2-8-22(15-7-11-29(25,26)14-15)13-20(24)23-17(19-6-4-10-28-19)12-16(21-23)18-5-3-9-27-18/h1,3-6,9-10,15,17H,7-8,11-14H2. The molecule has 2 aromatic rings. The first-order valence-electron chi connectivity index (χ1n) is 9.31. The van der Waals surface area contributed by atoms with Gasteiger partial charge in [0.15, 0.2) is 9.84 Å². The molecule has 0 saturated carbocycles. The monoisotopic (exact) mass is 447 g/mol. The van der Waals surface area contributed by atoms with Crippen molar-refractivity contribution in [2.24, 2.45) is 5.10 Å². The summed E-state index contributed by atoms with van der Waals surface area (Å²) in [5.41, 5.74) is 0.902. The van der Waals surface area contributed by atoms with Gasteiger partial charge in [0.1, 0.15) is 0 Å². The Kier molecular flexibility index (Phi) is 5.88. The molecule has 6 nitrogen and oxygen atoms in total. The predicted octanol–water partition coefficient (Wildman–Crippen LogP) is 2.61. The summed E-state index contributed by atoms with van der Waals surface area (Å²) in [4.78, 5) is 17.2. The van der Waals surface area contributed by atoms with E-state index in [0.717, 1.165) is 15.5 Å². The molecule has 29 heavy (non-hydrogen) atoms. The minimum atomic E-state index is -3.06. The number of hydrogen-bond donors (Lipinski definition) is 0. The summed E-state index contributed by atoms with van der Waals surface area (Å²) in [6.45, 7) is 0.304. The van der Waals surface area contributed by atoms with Crippen molar-refractivity contribution in [3.05, 3.63) is 44.8 Å². The van der Waals surface area contributed by atoms with Crippen LogP contribution < -0.4 is 0 Å². The molecule has 2 atom stereocenters. The van der Waals surface area contributed by atoms with Crippen LogP contribution in [0.1, 0.15) is 28.6 Å². The first-order valence-corrected chi connectivity index (χ1v) is 12.9. The van der Waals surface area contributed by atoms with Crippen LogP contribution in [0.2, 0.25) is 0 Å². The molecular weight excluding hydrogens is 426 g/mol. The summed E-state index contributed by atoms with van der Waals surface area (Å²) in [6.07, 6.45) is 6.67. The fourth-order valence-electron chi connectivity index (χ4n) is 3.78.